The van der Waals surface area contributed by atoms with E-state index in [0.29, 0.717) is 18.8 Å². The molecule has 4 nitrogen and oxygen atoms in total. The van der Waals surface area contributed by atoms with Gasteiger partial charge in [0, 0.05) is 25.6 Å². The van der Waals surface area contributed by atoms with Gasteiger partial charge in [-0.2, -0.15) is 0 Å². The minimum atomic E-state index is 0.0842. The Morgan fingerprint density at radius 2 is 2.56 bits per heavy atom. The zero-order valence-corrected chi connectivity index (χ0v) is 12.0. The second kappa shape index (κ2) is 6.50. The van der Waals surface area contributed by atoms with Crippen LogP contribution in [0.2, 0.25) is 0 Å². The molecule has 1 fully saturated rings. The van der Waals surface area contributed by atoms with E-state index in [4.69, 9.17) is 16.3 Å². The van der Waals surface area contributed by atoms with Gasteiger partial charge in [-0.25, -0.2) is 4.98 Å². The second-order valence-corrected chi connectivity index (χ2v) is 5.66. The van der Waals surface area contributed by atoms with Gasteiger partial charge in [0.15, 0.2) is 0 Å². The number of alkyl halides is 1. The maximum Gasteiger partial charge on any atom is 0.229 e. The van der Waals surface area contributed by atoms with Crippen LogP contribution in [0.15, 0.2) is 5.38 Å². The molecule has 6 heteroatoms. The lowest BCUT2D eigenvalue weighted by atomic mass is 10.2. The number of likely N-dealkylation sites (N-methyl/N-ethyl adjacent to an activating group) is 1. The topological polar surface area (TPSA) is 42.4 Å². The maximum atomic E-state index is 12.0. The lowest BCUT2D eigenvalue weighted by molar-refractivity contribution is -0.130. The van der Waals surface area contributed by atoms with E-state index < -0.39 is 0 Å². The van der Waals surface area contributed by atoms with Crippen LogP contribution in [0.1, 0.15) is 23.5 Å². The number of thiazole rings is 1. The van der Waals surface area contributed by atoms with Crippen molar-refractivity contribution in [3.63, 3.8) is 0 Å². The van der Waals surface area contributed by atoms with Gasteiger partial charge in [0.1, 0.15) is 5.01 Å². The average Bonchev–Trinajstić information content (AvgIpc) is 3.00. The number of carbonyl (C=O) groups is 1. The van der Waals surface area contributed by atoms with Crippen molar-refractivity contribution in [2.24, 2.45) is 0 Å². The Hall–Kier alpha value is -0.650. The minimum Gasteiger partial charge on any atom is -0.376 e. The number of amides is 1. The average molecular weight is 289 g/mol. The summed E-state index contributed by atoms with van der Waals surface area (Å²) in [5.74, 6) is 0.483. The van der Waals surface area contributed by atoms with Crippen molar-refractivity contribution >= 4 is 28.8 Å². The lowest BCUT2D eigenvalue weighted by Crippen LogP contribution is -2.35. The third kappa shape index (κ3) is 3.67. The second-order valence-electron chi connectivity index (χ2n) is 4.45. The number of carbonyl (C=O) groups excluding carboxylic acids is 1. The maximum absolute atomic E-state index is 12.0. The van der Waals surface area contributed by atoms with Crippen LogP contribution in [0.5, 0.6) is 0 Å². The summed E-state index contributed by atoms with van der Waals surface area (Å²) in [5, 5.41) is 2.73. The van der Waals surface area contributed by atoms with Crippen LogP contribution in [0.4, 0.5) is 0 Å². The van der Waals surface area contributed by atoms with E-state index in [1.807, 2.05) is 12.4 Å². The fourth-order valence-electron chi connectivity index (χ4n) is 1.95. The van der Waals surface area contributed by atoms with Gasteiger partial charge in [0.05, 0.1) is 24.1 Å². The first-order chi connectivity index (χ1) is 8.69. The molecule has 1 aliphatic heterocycles. The van der Waals surface area contributed by atoms with Gasteiger partial charge >= 0.3 is 0 Å². The molecule has 1 atom stereocenters. The van der Waals surface area contributed by atoms with Crippen molar-refractivity contribution in [3.8, 4) is 0 Å². The molecule has 1 aromatic rings. The summed E-state index contributed by atoms with van der Waals surface area (Å²) in [4.78, 5) is 18.0. The van der Waals surface area contributed by atoms with Crippen molar-refractivity contribution in [3.05, 3.63) is 16.1 Å². The Balaban J connectivity index is 1.82. The van der Waals surface area contributed by atoms with Crippen molar-refractivity contribution < 1.29 is 9.53 Å². The summed E-state index contributed by atoms with van der Waals surface area (Å²) < 4.78 is 5.52. The van der Waals surface area contributed by atoms with E-state index >= 15 is 0 Å². The van der Waals surface area contributed by atoms with Crippen LogP contribution < -0.4 is 0 Å². The number of rotatable bonds is 5. The van der Waals surface area contributed by atoms with Gasteiger partial charge in [-0.05, 0) is 12.8 Å². The Bertz CT molecular complexity index is 405. The standard InChI is InChI=1S/C12H17ClN2O2S/c1-15(7-10-3-2-4-17-10)12(16)5-11-14-9(6-13)8-18-11/h8,10H,2-7H2,1H3. The van der Waals surface area contributed by atoms with Gasteiger partial charge in [-0.15, -0.1) is 22.9 Å². The van der Waals surface area contributed by atoms with Gasteiger partial charge in [-0.1, -0.05) is 0 Å². The highest BCUT2D eigenvalue weighted by molar-refractivity contribution is 7.09. The Kier molecular flexibility index (Phi) is 4.97. The highest BCUT2D eigenvalue weighted by Gasteiger charge is 2.20. The molecule has 2 heterocycles. The number of hydrogen-bond acceptors (Lipinski definition) is 4. The molecule has 1 aromatic heterocycles. The van der Waals surface area contributed by atoms with Crippen molar-refractivity contribution in [2.45, 2.75) is 31.2 Å². The number of ether oxygens (including phenoxy) is 1. The molecule has 1 unspecified atom stereocenters. The Morgan fingerprint density at radius 1 is 1.72 bits per heavy atom. The molecular weight excluding hydrogens is 272 g/mol. The molecule has 0 aromatic carbocycles. The van der Waals surface area contributed by atoms with Gasteiger partial charge < -0.3 is 9.64 Å². The fraction of sp³-hybridized carbons (Fsp3) is 0.667. The molecule has 0 aliphatic carbocycles. The Labute approximate surface area is 116 Å². The van der Waals surface area contributed by atoms with Crippen molar-refractivity contribution in [2.75, 3.05) is 20.2 Å². The van der Waals surface area contributed by atoms with E-state index in [-0.39, 0.29) is 12.0 Å². The first-order valence-electron chi connectivity index (χ1n) is 6.04. The predicted molar refractivity (Wildman–Crippen MR) is 72.0 cm³/mol. The minimum absolute atomic E-state index is 0.0842. The molecule has 0 radical (unpaired) electrons. The predicted octanol–water partition coefficient (Wildman–Crippen LogP) is 2.06. The number of halogens is 1. The van der Waals surface area contributed by atoms with Gasteiger partial charge in [0.2, 0.25) is 5.91 Å². The number of nitrogens with zero attached hydrogens (tertiary/aromatic N) is 2. The summed E-state index contributed by atoms with van der Waals surface area (Å²) in [6, 6.07) is 0. The smallest absolute Gasteiger partial charge is 0.229 e. The molecule has 1 aliphatic rings. The van der Waals surface area contributed by atoms with Gasteiger partial charge in [-0.3, -0.25) is 4.79 Å². The molecule has 0 spiro atoms. The molecule has 0 saturated carbocycles. The van der Waals surface area contributed by atoms with E-state index in [0.717, 1.165) is 30.2 Å². The van der Waals surface area contributed by atoms with E-state index in [1.165, 1.54) is 11.3 Å². The summed E-state index contributed by atoms with van der Waals surface area (Å²) in [6.45, 7) is 1.49. The third-order valence-electron chi connectivity index (χ3n) is 2.97. The molecule has 1 amide bonds. The lowest BCUT2D eigenvalue weighted by Gasteiger charge is -2.20. The monoisotopic (exact) mass is 288 g/mol. The number of hydrogen-bond donors (Lipinski definition) is 0. The van der Waals surface area contributed by atoms with Crippen LogP contribution in [0.25, 0.3) is 0 Å². The van der Waals surface area contributed by atoms with Crippen LogP contribution in [0, 0.1) is 0 Å². The van der Waals surface area contributed by atoms with Crippen molar-refractivity contribution in [1.82, 2.24) is 9.88 Å². The van der Waals surface area contributed by atoms with E-state index in [2.05, 4.69) is 4.98 Å². The summed E-state index contributed by atoms with van der Waals surface area (Å²) in [5.41, 5.74) is 0.839. The highest BCUT2D eigenvalue weighted by atomic mass is 35.5. The molecule has 0 bridgehead atoms. The normalized spacial score (nSPS) is 19.1. The molecule has 2 rings (SSSR count). The van der Waals surface area contributed by atoms with Crippen LogP contribution in [-0.2, 0) is 21.8 Å². The van der Waals surface area contributed by atoms with Crippen LogP contribution in [0.3, 0.4) is 0 Å². The molecular formula is C12H17ClN2O2S. The van der Waals surface area contributed by atoms with E-state index in [9.17, 15) is 4.79 Å². The van der Waals surface area contributed by atoms with Crippen LogP contribution in [-0.4, -0.2) is 42.1 Å². The molecule has 0 N–H and O–H groups in total. The van der Waals surface area contributed by atoms with Gasteiger partial charge in [0.25, 0.3) is 0 Å². The summed E-state index contributed by atoms with van der Waals surface area (Å²) in [7, 11) is 1.82. The molecule has 18 heavy (non-hydrogen) atoms. The van der Waals surface area contributed by atoms with Crippen LogP contribution >= 0.6 is 22.9 Å². The quantitative estimate of drug-likeness (QED) is 0.779. The van der Waals surface area contributed by atoms with Crippen molar-refractivity contribution in [1.29, 1.82) is 0 Å². The zero-order chi connectivity index (χ0) is 13.0. The summed E-state index contributed by atoms with van der Waals surface area (Å²) >= 11 is 7.17. The fourth-order valence-corrected chi connectivity index (χ4v) is 2.96. The third-order valence-corrected chi connectivity index (χ3v) is 4.14. The zero-order valence-electron chi connectivity index (χ0n) is 10.4. The Morgan fingerprint density at radius 3 is 3.17 bits per heavy atom. The molecule has 1 saturated heterocycles. The largest absolute Gasteiger partial charge is 0.376 e. The highest BCUT2D eigenvalue weighted by Crippen LogP contribution is 2.15. The first kappa shape index (κ1) is 13.8. The van der Waals surface area contributed by atoms with E-state index in [1.54, 1.807) is 4.90 Å². The first-order valence-corrected chi connectivity index (χ1v) is 7.45. The number of aromatic nitrogens is 1. The summed E-state index contributed by atoms with van der Waals surface area (Å²) in [6.07, 6.45) is 2.70. The molecule has 100 valence electrons. The SMILES string of the molecule is CN(CC1CCCO1)C(=O)Cc1nc(CCl)cs1.